The number of aromatic nitrogens is 2. The van der Waals surface area contributed by atoms with Crippen LogP contribution in [0.15, 0.2) is 389 Å². The number of nitrogens with zero attached hydrogens (tertiary/aromatic N) is 6. The molecule has 15 aromatic carbocycles. The minimum absolute atomic E-state index is 1.05. The summed E-state index contributed by atoms with van der Waals surface area (Å²) in [6, 6.07) is 136. The van der Waals surface area contributed by atoms with E-state index in [1.807, 2.05) is 12.2 Å². The Morgan fingerprint density at radius 1 is 0.190 bits per heavy atom. The monoisotopic (exact) mass is 1280 g/mol. The van der Waals surface area contributed by atoms with Crippen LogP contribution in [0.5, 0.6) is 0 Å². The van der Waals surface area contributed by atoms with E-state index < -0.39 is 0 Å². The topological polar surface area (TPSA) is 22.8 Å². The van der Waals surface area contributed by atoms with Gasteiger partial charge in [-0.25, -0.2) is 0 Å². The summed E-state index contributed by atoms with van der Waals surface area (Å²) in [5.74, 6) is 0. The fraction of sp³-hybridized carbons (Fsp3) is 0. The molecule has 0 aliphatic carbocycles. The Kier molecular flexibility index (Phi) is 15.8. The van der Waals surface area contributed by atoms with Crippen LogP contribution in [0, 0.1) is 0 Å². The van der Waals surface area contributed by atoms with E-state index in [4.69, 9.17) is 0 Å². The van der Waals surface area contributed by atoms with Crippen molar-refractivity contribution >= 4 is 124 Å². The molecule has 0 fully saturated rings. The molecule has 0 bridgehead atoms. The highest BCUT2D eigenvalue weighted by Crippen LogP contribution is 2.45. The lowest BCUT2D eigenvalue weighted by molar-refractivity contribution is 1.18. The number of benzene rings is 15. The smallest absolute Gasteiger partial charge is 0.0542 e. The van der Waals surface area contributed by atoms with E-state index in [9.17, 15) is 0 Å². The number of anilines is 12. The van der Waals surface area contributed by atoms with Crippen molar-refractivity contribution in [2.24, 2.45) is 0 Å². The fourth-order valence-electron chi connectivity index (χ4n) is 14.3. The number of hydrogen-bond donors (Lipinski definition) is 0. The molecule has 0 aliphatic rings. The Morgan fingerprint density at radius 2 is 0.410 bits per heavy atom. The first-order chi connectivity index (χ1) is 49.5. The van der Waals surface area contributed by atoms with E-state index in [2.05, 4.69) is 418 Å². The van der Waals surface area contributed by atoms with E-state index >= 15 is 0 Å². The Balaban J connectivity index is 0.638. The van der Waals surface area contributed by atoms with Gasteiger partial charge in [-0.05, 0) is 228 Å². The fourth-order valence-corrected chi connectivity index (χ4v) is 14.3. The molecule has 100 heavy (non-hydrogen) atoms. The molecule has 0 unspecified atom stereocenters. The van der Waals surface area contributed by atoms with Crippen LogP contribution >= 0.6 is 0 Å². The van der Waals surface area contributed by atoms with Gasteiger partial charge < -0.3 is 28.7 Å². The second kappa shape index (κ2) is 26.3. The lowest BCUT2D eigenvalue weighted by Crippen LogP contribution is -2.12. The molecule has 0 spiro atoms. The van der Waals surface area contributed by atoms with E-state index in [-0.39, 0.29) is 0 Å². The third-order valence-electron chi connectivity index (χ3n) is 19.2. The Morgan fingerprint density at radius 3 is 0.690 bits per heavy atom. The Bertz CT molecular complexity index is 5390. The van der Waals surface area contributed by atoms with Crippen molar-refractivity contribution in [2.45, 2.75) is 0 Å². The molecule has 17 rings (SSSR count). The normalized spacial score (nSPS) is 11.3. The molecule has 0 amide bonds. The van der Waals surface area contributed by atoms with Gasteiger partial charge in [0, 0.05) is 101 Å². The van der Waals surface area contributed by atoms with Crippen LogP contribution in [0.3, 0.4) is 0 Å². The van der Waals surface area contributed by atoms with Crippen LogP contribution in [0.2, 0.25) is 0 Å². The summed E-state index contributed by atoms with van der Waals surface area (Å²) in [7, 11) is 0. The van der Waals surface area contributed by atoms with Gasteiger partial charge in [-0.3, -0.25) is 0 Å². The lowest BCUT2D eigenvalue weighted by Gasteiger charge is -2.28. The van der Waals surface area contributed by atoms with Gasteiger partial charge in [-0.2, -0.15) is 0 Å². The lowest BCUT2D eigenvalue weighted by atomic mass is 10.0. The minimum Gasteiger partial charge on any atom is -0.311 e. The van der Waals surface area contributed by atoms with Gasteiger partial charge in [0.1, 0.15) is 0 Å². The second-order valence-corrected chi connectivity index (χ2v) is 25.1. The largest absolute Gasteiger partial charge is 0.311 e. The quantitative estimate of drug-likeness (QED) is 0.0854. The highest BCUT2D eigenvalue weighted by atomic mass is 15.2. The molecule has 0 saturated carbocycles. The van der Waals surface area contributed by atoms with Gasteiger partial charge >= 0.3 is 0 Å². The van der Waals surface area contributed by atoms with Gasteiger partial charge in [0.15, 0.2) is 0 Å². The molecule has 17 aromatic rings. The SMILES string of the molecule is C=Cc1ccc(-n2c3ccccc3c3cc(N(c4ccccc4)c4ccc(-c5ccc(N(c6ccccc6)c6ccc(N(c7ccccc7)c7ccc(-c8ccc(N(c9ccccc9)c9ccc%10c(c9)c9ccccc9n%10-c9ccc(C=C)cc9)cc8)cc7)cc6)cc5)cc4)ccc32)cc1. The first-order valence-corrected chi connectivity index (χ1v) is 33.9. The Hall–Kier alpha value is -13.4. The highest BCUT2D eigenvalue weighted by Gasteiger charge is 2.22. The predicted octanol–water partition coefficient (Wildman–Crippen LogP) is 26.4. The molecule has 0 radical (unpaired) electrons. The van der Waals surface area contributed by atoms with Crippen molar-refractivity contribution in [2.75, 3.05) is 19.6 Å². The van der Waals surface area contributed by atoms with Gasteiger partial charge in [0.05, 0.1) is 22.1 Å². The summed E-state index contributed by atoms with van der Waals surface area (Å²) in [6.07, 6.45) is 3.78. The molecular formula is C94H68N6. The molecule has 0 saturated heterocycles. The summed E-state index contributed by atoms with van der Waals surface area (Å²) in [5.41, 5.74) is 26.5. The molecule has 0 atom stereocenters. The van der Waals surface area contributed by atoms with Gasteiger partial charge in [0.2, 0.25) is 0 Å². The van der Waals surface area contributed by atoms with Crippen LogP contribution in [-0.4, -0.2) is 9.13 Å². The molecule has 6 nitrogen and oxygen atoms in total. The standard InChI is InChI=1S/C94H68N6/c1-3-67-33-45-83(46-34-67)99-91-31-19-17-29-87(91)89-65-85(61-63-93(89)99)97(75-25-13-7-14-26-75)79-53-41-71(42-54-79)69-37-49-77(50-38-69)95(73-21-9-5-10-22-73)81-57-59-82(60-58-81)96(74-23-11-6-12-24-74)78-51-39-70(40-52-78)72-43-55-80(56-44-72)98(76-27-15-8-16-28-76)86-62-64-94-90(66-86)88-30-18-20-32-92(88)100(94)84-47-35-68(4-2)36-48-84/h3-66H,1-2H2. The van der Waals surface area contributed by atoms with Crippen LogP contribution in [0.25, 0.3) is 89.4 Å². The molecule has 0 N–H and O–H groups in total. The summed E-state index contributed by atoms with van der Waals surface area (Å²) in [6.45, 7) is 7.96. The van der Waals surface area contributed by atoms with Crippen molar-refractivity contribution in [1.82, 2.24) is 9.13 Å². The van der Waals surface area contributed by atoms with Gasteiger partial charge in [-0.15, -0.1) is 0 Å². The third kappa shape index (κ3) is 11.3. The zero-order valence-electron chi connectivity index (χ0n) is 55.0. The Labute approximate surface area is 583 Å². The summed E-state index contributed by atoms with van der Waals surface area (Å²) in [4.78, 5) is 9.36. The first-order valence-electron chi connectivity index (χ1n) is 33.9. The average Bonchev–Trinajstić information content (AvgIpc) is 1.59. The van der Waals surface area contributed by atoms with E-state index in [0.717, 1.165) is 124 Å². The summed E-state index contributed by atoms with van der Waals surface area (Å²) < 4.78 is 4.72. The molecule has 474 valence electrons. The van der Waals surface area contributed by atoms with Crippen LogP contribution in [0.4, 0.5) is 68.2 Å². The maximum atomic E-state index is 3.98. The van der Waals surface area contributed by atoms with Gasteiger partial charge in [0.25, 0.3) is 0 Å². The molecular weight excluding hydrogens is 1210 g/mol. The van der Waals surface area contributed by atoms with E-state index in [1.165, 1.54) is 32.6 Å². The van der Waals surface area contributed by atoms with E-state index in [0.29, 0.717) is 0 Å². The molecule has 6 heteroatoms. The first kappa shape index (κ1) is 60.3. The third-order valence-corrected chi connectivity index (χ3v) is 19.2. The van der Waals surface area contributed by atoms with Crippen LogP contribution in [-0.2, 0) is 0 Å². The van der Waals surface area contributed by atoms with E-state index in [1.54, 1.807) is 0 Å². The predicted molar refractivity (Wildman–Crippen MR) is 425 cm³/mol. The average molecular weight is 1280 g/mol. The number of hydrogen-bond acceptors (Lipinski definition) is 4. The second-order valence-electron chi connectivity index (χ2n) is 25.1. The number of fused-ring (bicyclic) bond motifs is 6. The van der Waals surface area contributed by atoms with Gasteiger partial charge in [-0.1, -0.05) is 207 Å². The highest BCUT2D eigenvalue weighted by molar-refractivity contribution is 6.12. The summed E-state index contributed by atoms with van der Waals surface area (Å²) in [5, 5.41) is 4.81. The zero-order chi connectivity index (χ0) is 66.9. The number of rotatable bonds is 18. The molecule has 2 aromatic heterocycles. The van der Waals surface area contributed by atoms with Crippen LogP contribution < -0.4 is 19.6 Å². The van der Waals surface area contributed by atoms with Crippen LogP contribution in [0.1, 0.15) is 11.1 Å². The zero-order valence-corrected chi connectivity index (χ0v) is 55.0. The summed E-state index contributed by atoms with van der Waals surface area (Å²) >= 11 is 0. The van der Waals surface area contributed by atoms with Crippen molar-refractivity contribution < 1.29 is 0 Å². The maximum Gasteiger partial charge on any atom is 0.0542 e. The molecule has 2 heterocycles. The number of para-hydroxylation sites is 6. The van der Waals surface area contributed by atoms with Crippen molar-refractivity contribution in [3.05, 3.63) is 400 Å². The van der Waals surface area contributed by atoms with Crippen molar-refractivity contribution in [3.63, 3.8) is 0 Å². The molecule has 0 aliphatic heterocycles. The van der Waals surface area contributed by atoms with Crippen molar-refractivity contribution in [1.29, 1.82) is 0 Å². The maximum absolute atomic E-state index is 3.98. The van der Waals surface area contributed by atoms with Crippen molar-refractivity contribution in [3.8, 4) is 33.6 Å². The minimum atomic E-state index is 1.05.